The number of nitrogens with zero attached hydrogens (tertiary/aromatic N) is 1. The highest BCUT2D eigenvalue weighted by Crippen LogP contribution is 2.34. The lowest BCUT2D eigenvalue weighted by Crippen LogP contribution is -2.43. The van der Waals surface area contributed by atoms with E-state index in [-0.39, 0.29) is 18.7 Å². The lowest BCUT2D eigenvalue weighted by molar-refractivity contribution is -0.132. The highest BCUT2D eigenvalue weighted by molar-refractivity contribution is 5.84. The molecular formula is C15H20N2O3. The van der Waals surface area contributed by atoms with E-state index in [4.69, 9.17) is 9.47 Å². The zero-order valence-corrected chi connectivity index (χ0v) is 11.7. The van der Waals surface area contributed by atoms with E-state index in [0.29, 0.717) is 0 Å². The molecule has 0 radical (unpaired) electrons. The Morgan fingerprint density at radius 2 is 1.95 bits per heavy atom. The summed E-state index contributed by atoms with van der Waals surface area (Å²) in [6.45, 7) is 3.93. The van der Waals surface area contributed by atoms with E-state index in [9.17, 15) is 4.79 Å². The Balaban J connectivity index is 1.63. The average molecular weight is 276 g/mol. The third kappa shape index (κ3) is 2.66. The molecule has 5 nitrogen and oxygen atoms in total. The van der Waals surface area contributed by atoms with Crippen LogP contribution in [0.4, 0.5) is 5.69 Å². The molecule has 0 aliphatic carbocycles. The van der Waals surface area contributed by atoms with Crippen LogP contribution in [0.5, 0.6) is 11.5 Å². The fourth-order valence-corrected chi connectivity index (χ4v) is 2.69. The molecule has 2 aliphatic rings. The number of anilines is 1. The van der Waals surface area contributed by atoms with Gasteiger partial charge in [0, 0.05) is 24.8 Å². The van der Waals surface area contributed by atoms with Gasteiger partial charge in [-0.3, -0.25) is 4.79 Å². The van der Waals surface area contributed by atoms with Crippen molar-refractivity contribution >= 4 is 11.6 Å². The highest BCUT2D eigenvalue weighted by Gasteiger charge is 2.22. The minimum atomic E-state index is -0.228. The van der Waals surface area contributed by atoms with Crippen LogP contribution in [0, 0.1) is 0 Å². The van der Waals surface area contributed by atoms with Gasteiger partial charge in [0.25, 0.3) is 0 Å². The van der Waals surface area contributed by atoms with Crippen LogP contribution in [0.25, 0.3) is 0 Å². The first-order valence-electron chi connectivity index (χ1n) is 7.19. The molecule has 1 amide bonds. The number of ether oxygens (including phenoxy) is 2. The molecule has 0 aromatic heterocycles. The second kappa shape index (κ2) is 5.61. The van der Waals surface area contributed by atoms with Crippen LogP contribution in [0.15, 0.2) is 18.2 Å². The van der Waals surface area contributed by atoms with Crippen molar-refractivity contribution in [2.75, 3.05) is 25.2 Å². The van der Waals surface area contributed by atoms with Gasteiger partial charge in [-0.1, -0.05) is 0 Å². The predicted octanol–water partition coefficient (Wildman–Crippen LogP) is 2.23. The molecule has 5 heteroatoms. The number of nitrogens with one attached hydrogen (secondary N) is 1. The SMILES string of the molecule is C[C@@H](Nc1ccc2c(c1)OCO2)C(=O)N1CCCCC1. The van der Waals surface area contributed by atoms with Gasteiger partial charge in [-0.15, -0.1) is 0 Å². The van der Waals surface area contributed by atoms with E-state index >= 15 is 0 Å². The van der Waals surface area contributed by atoms with Crippen molar-refractivity contribution in [3.63, 3.8) is 0 Å². The number of hydrogen-bond acceptors (Lipinski definition) is 4. The van der Waals surface area contributed by atoms with Gasteiger partial charge in [0.1, 0.15) is 6.04 Å². The van der Waals surface area contributed by atoms with E-state index < -0.39 is 0 Å². The van der Waals surface area contributed by atoms with Gasteiger partial charge in [-0.05, 0) is 38.3 Å². The van der Waals surface area contributed by atoms with Crippen LogP contribution < -0.4 is 14.8 Å². The topological polar surface area (TPSA) is 50.8 Å². The summed E-state index contributed by atoms with van der Waals surface area (Å²) >= 11 is 0. The summed E-state index contributed by atoms with van der Waals surface area (Å²) in [6.07, 6.45) is 3.46. The molecule has 0 spiro atoms. The average Bonchev–Trinajstić information content (AvgIpc) is 2.95. The zero-order chi connectivity index (χ0) is 13.9. The van der Waals surface area contributed by atoms with Crippen LogP contribution in [0.3, 0.4) is 0 Å². The largest absolute Gasteiger partial charge is 0.454 e. The number of carbonyl (C=O) groups excluding carboxylic acids is 1. The smallest absolute Gasteiger partial charge is 0.244 e. The number of piperidine rings is 1. The second-order valence-corrected chi connectivity index (χ2v) is 5.32. The number of carbonyl (C=O) groups is 1. The number of fused-ring (bicyclic) bond motifs is 1. The van der Waals surface area contributed by atoms with E-state index in [1.54, 1.807) is 0 Å². The summed E-state index contributed by atoms with van der Waals surface area (Å²) in [5, 5.41) is 3.24. The minimum Gasteiger partial charge on any atom is -0.454 e. The third-order valence-electron chi connectivity index (χ3n) is 3.79. The van der Waals surface area contributed by atoms with Gasteiger partial charge < -0.3 is 19.7 Å². The molecule has 1 aromatic carbocycles. The molecule has 2 aliphatic heterocycles. The van der Waals surface area contributed by atoms with Gasteiger partial charge in [0.15, 0.2) is 11.5 Å². The van der Waals surface area contributed by atoms with Gasteiger partial charge in [-0.25, -0.2) is 0 Å². The molecule has 1 aromatic rings. The first kappa shape index (κ1) is 13.1. The molecule has 1 N–H and O–H groups in total. The van der Waals surface area contributed by atoms with Crippen molar-refractivity contribution in [2.24, 2.45) is 0 Å². The van der Waals surface area contributed by atoms with Gasteiger partial charge in [0.05, 0.1) is 0 Å². The standard InChI is InChI=1S/C15H20N2O3/c1-11(15(18)17-7-3-2-4-8-17)16-12-5-6-13-14(9-12)20-10-19-13/h5-6,9,11,16H,2-4,7-8,10H2,1H3/t11-/m1/s1. The third-order valence-corrected chi connectivity index (χ3v) is 3.79. The molecule has 1 fully saturated rings. The monoisotopic (exact) mass is 276 g/mol. The quantitative estimate of drug-likeness (QED) is 0.919. The van der Waals surface area contributed by atoms with Crippen molar-refractivity contribution in [2.45, 2.75) is 32.2 Å². The Kier molecular flexibility index (Phi) is 3.67. The maximum absolute atomic E-state index is 12.3. The molecule has 1 saturated heterocycles. The Morgan fingerprint density at radius 3 is 2.75 bits per heavy atom. The minimum absolute atomic E-state index is 0.169. The van der Waals surface area contributed by atoms with Crippen LogP contribution in [-0.4, -0.2) is 36.7 Å². The fourth-order valence-electron chi connectivity index (χ4n) is 2.69. The van der Waals surface area contributed by atoms with Crippen molar-refractivity contribution < 1.29 is 14.3 Å². The summed E-state index contributed by atoms with van der Waals surface area (Å²) in [5.74, 6) is 1.65. The summed E-state index contributed by atoms with van der Waals surface area (Å²) in [4.78, 5) is 14.3. The summed E-state index contributed by atoms with van der Waals surface area (Å²) in [7, 11) is 0. The van der Waals surface area contributed by atoms with Crippen molar-refractivity contribution in [3.05, 3.63) is 18.2 Å². The lowest BCUT2D eigenvalue weighted by atomic mass is 10.1. The number of benzene rings is 1. The summed E-state index contributed by atoms with van der Waals surface area (Å²) in [6, 6.07) is 5.42. The maximum Gasteiger partial charge on any atom is 0.244 e. The molecule has 0 saturated carbocycles. The van der Waals surface area contributed by atoms with Gasteiger partial charge in [0.2, 0.25) is 12.7 Å². The molecule has 108 valence electrons. The maximum atomic E-state index is 12.3. The molecule has 20 heavy (non-hydrogen) atoms. The van der Waals surface area contributed by atoms with Crippen molar-refractivity contribution in [1.29, 1.82) is 0 Å². The number of hydrogen-bond donors (Lipinski definition) is 1. The van der Waals surface area contributed by atoms with Gasteiger partial charge >= 0.3 is 0 Å². The number of rotatable bonds is 3. The molecule has 1 atom stereocenters. The van der Waals surface area contributed by atoms with E-state index in [2.05, 4.69) is 5.32 Å². The Hall–Kier alpha value is -1.91. The zero-order valence-electron chi connectivity index (χ0n) is 11.7. The molecule has 3 rings (SSSR count). The molecule has 0 bridgehead atoms. The fraction of sp³-hybridized carbons (Fsp3) is 0.533. The van der Waals surface area contributed by atoms with Crippen molar-refractivity contribution in [3.8, 4) is 11.5 Å². The Morgan fingerprint density at radius 1 is 1.20 bits per heavy atom. The van der Waals surface area contributed by atoms with Crippen LogP contribution in [0.1, 0.15) is 26.2 Å². The first-order chi connectivity index (χ1) is 9.74. The Bertz CT molecular complexity index is 498. The Labute approximate surface area is 118 Å². The van der Waals surface area contributed by atoms with Gasteiger partial charge in [-0.2, -0.15) is 0 Å². The van der Waals surface area contributed by atoms with Crippen LogP contribution >= 0.6 is 0 Å². The van der Waals surface area contributed by atoms with E-state index in [1.807, 2.05) is 30.0 Å². The second-order valence-electron chi connectivity index (χ2n) is 5.32. The highest BCUT2D eigenvalue weighted by atomic mass is 16.7. The van der Waals surface area contributed by atoms with Crippen molar-refractivity contribution in [1.82, 2.24) is 4.90 Å². The first-order valence-corrected chi connectivity index (χ1v) is 7.19. The summed E-state index contributed by atoms with van der Waals surface area (Å²) < 4.78 is 10.6. The molecule has 0 unspecified atom stereocenters. The normalized spacial score (nSPS) is 18.8. The molecule has 2 heterocycles. The predicted molar refractivity (Wildman–Crippen MR) is 76.1 cm³/mol. The van der Waals surface area contributed by atoms with E-state index in [0.717, 1.165) is 43.1 Å². The van der Waals surface area contributed by atoms with Crippen LogP contribution in [0.2, 0.25) is 0 Å². The lowest BCUT2D eigenvalue weighted by Gasteiger charge is -2.29. The van der Waals surface area contributed by atoms with E-state index in [1.165, 1.54) is 6.42 Å². The van der Waals surface area contributed by atoms with Crippen LogP contribution in [-0.2, 0) is 4.79 Å². The summed E-state index contributed by atoms with van der Waals surface area (Å²) in [5.41, 5.74) is 0.882. The number of amides is 1. The molecular weight excluding hydrogens is 256 g/mol. The number of likely N-dealkylation sites (tertiary alicyclic amines) is 1.